The van der Waals surface area contributed by atoms with Crippen molar-refractivity contribution in [2.75, 3.05) is 18.1 Å². The average molecular weight is 272 g/mol. The first-order chi connectivity index (χ1) is 8.18. The van der Waals surface area contributed by atoms with Gasteiger partial charge < -0.3 is 11.1 Å². The van der Waals surface area contributed by atoms with Crippen molar-refractivity contribution in [2.24, 2.45) is 5.73 Å². The average Bonchev–Trinajstić information content (AvgIpc) is 2.77. The number of hydrogen-bond donors (Lipinski definition) is 2. The van der Waals surface area contributed by atoms with Crippen LogP contribution in [0.25, 0.3) is 0 Å². The number of carbonyl (C=O) groups excluding carboxylic acids is 2. The Morgan fingerprint density at radius 2 is 2.29 bits per heavy atom. The number of thioether (sulfide) groups is 1. The van der Waals surface area contributed by atoms with E-state index in [9.17, 15) is 9.59 Å². The molecule has 0 aromatic carbocycles. The van der Waals surface area contributed by atoms with Crippen LogP contribution in [0.5, 0.6) is 0 Å². The molecule has 3 N–H and O–H groups in total. The fraction of sp³-hybridized carbons (Fsp3) is 0.455. The van der Waals surface area contributed by atoms with E-state index in [1.54, 1.807) is 11.3 Å². The lowest BCUT2D eigenvalue weighted by Gasteiger charge is -2.03. The van der Waals surface area contributed by atoms with Crippen molar-refractivity contribution < 1.29 is 9.59 Å². The molecule has 1 heterocycles. The summed E-state index contributed by atoms with van der Waals surface area (Å²) >= 11 is 3.08. The minimum Gasteiger partial charge on any atom is -0.369 e. The maximum absolute atomic E-state index is 11.4. The smallest absolute Gasteiger partial charge is 0.227 e. The molecule has 1 rings (SSSR count). The standard InChI is InChI=1S/C11H16N2O2S2/c12-10(14)8-16-7-4-11(15)13-5-3-9-2-1-6-17-9/h1-2,6H,3-5,7-8H2,(H2,12,14)(H,13,15). The Kier molecular flexibility index (Phi) is 6.73. The molecule has 0 saturated heterocycles. The van der Waals surface area contributed by atoms with E-state index < -0.39 is 0 Å². The third-order valence-corrected chi connectivity index (χ3v) is 3.91. The van der Waals surface area contributed by atoms with Crippen LogP contribution in [0.3, 0.4) is 0 Å². The van der Waals surface area contributed by atoms with E-state index in [1.165, 1.54) is 16.6 Å². The Bertz CT molecular complexity index is 352. The highest BCUT2D eigenvalue weighted by molar-refractivity contribution is 7.99. The lowest BCUT2D eigenvalue weighted by molar-refractivity contribution is -0.120. The monoisotopic (exact) mass is 272 g/mol. The first-order valence-corrected chi connectivity index (χ1v) is 7.37. The van der Waals surface area contributed by atoms with Crippen LogP contribution < -0.4 is 11.1 Å². The SMILES string of the molecule is NC(=O)CSCCC(=O)NCCc1cccs1. The molecule has 1 aromatic heterocycles. The molecule has 0 aliphatic rings. The van der Waals surface area contributed by atoms with Crippen LogP contribution in [0.4, 0.5) is 0 Å². The molecule has 0 saturated carbocycles. The molecule has 0 aliphatic carbocycles. The number of nitrogens with two attached hydrogens (primary N) is 1. The predicted octanol–water partition coefficient (Wildman–Crippen LogP) is 1.02. The number of thiophene rings is 1. The maximum atomic E-state index is 11.4. The van der Waals surface area contributed by atoms with Gasteiger partial charge in [0.05, 0.1) is 5.75 Å². The summed E-state index contributed by atoms with van der Waals surface area (Å²) < 4.78 is 0. The minimum absolute atomic E-state index is 0.0264. The molecule has 0 aliphatic heterocycles. The third-order valence-electron chi connectivity index (χ3n) is 1.99. The van der Waals surface area contributed by atoms with Gasteiger partial charge in [-0.05, 0) is 17.9 Å². The first kappa shape index (κ1) is 14.1. The zero-order chi connectivity index (χ0) is 12.5. The van der Waals surface area contributed by atoms with Crippen LogP contribution in [0, 0.1) is 0 Å². The molecular formula is C11H16N2O2S2. The number of primary amides is 1. The lowest BCUT2D eigenvalue weighted by Crippen LogP contribution is -2.26. The van der Waals surface area contributed by atoms with E-state index in [2.05, 4.69) is 11.4 Å². The molecule has 6 heteroatoms. The van der Waals surface area contributed by atoms with Crippen LogP contribution in [-0.2, 0) is 16.0 Å². The van der Waals surface area contributed by atoms with Crippen molar-refractivity contribution in [1.82, 2.24) is 5.32 Å². The van der Waals surface area contributed by atoms with E-state index >= 15 is 0 Å². The van der Waals surface area contributed by atoms with E-state index in [1.807, 2.05) is 11.4 Å². The van der Waals surface area contributed by atoms with Gasteiger partial charge in [-0.3, -0.25) is 9.59 Å². The molecule has 94 valence electrons. The van der Waals surface area contributed by atoms with Gasteiger partial charge in [-0.15, -0.1) is 11.3 Å². The second kappa shape index (κ2) is 8.14. The summed E-state index contributed by atoms with van der Waals surface area (Å²) in [6, 6.07) is 4.06. The van der Waals surface area contributed by atoms with Gasteiger partial charge in [-0.25, -0.2) is 0 Å². The van der Waals surface area contributed by atoms with Crippen LogP contribution in [0.15, 0.2) is 17.5 Å². The molecular weight excluding hydrogens is 256 g/mol. The lowest BCUT2D eigenvalue weighted by atomic mass is 10.3. The van der Waals surface area contributed by atoms with Crippen LogP contribution in [0.2, 0.25) is 0 Å². The number of nitrogens with one attached hydrogen (secondary N) is 1. The predicted molar refractivity (Wildman–Crippen MR) is 72.2 cm³/mol. The van der Waals surface area contributed by atoms with Gasteiger partial charge in [0, 0.05) is 23.6 Å². The Labute approximate surface area is 109 Å². The van der Waals surface area contributed by atoms with Gasteiger partial charge in [-0.2, -0.15) is 11.8 Å². The van der Waals surface area contributed by atoms with Crippen molar-refractivity contribution in [3.63, 3.8) is 0 Å². The minimum atomic E-state index is -0.340. The second-order valence-electron chi connectivity index (χ2n) is 3.45. The molecule has 4 nitrogen and oxygen atoms in total. The van der Waals surface area contributed by atoms with Gasteiger partial charge in [-0.1, -0.05) is 6.07 Å². The number of hydrogen-bond acceptors (Lipinski definition) is 4. The van der Waals surface area contributed by atoms with Crippen LogP contribution >= 0.6 is 23.1 Å². The molecule has 0 atom stereocenters. The van der Waals surface area contributed by atoms with Gasteiger partial charge in [0.15, 0.2) is 0 Å². The summed E-state index contributed by atoms with van der Waals surface area (Å²) in [4.78, 5) is 23.1. The zero-order valence-corrected chi connectivity index (χ0v) is 11.1. The molecule has 0 unspecified atom stereocenters. The highest BCUT2D eigenvalue weighted by Gasteiger charge is 2.02. The van der Waals surface area contributed by atoms with E-state index in [-0.39, 0.29) is 17.6 Å². The largest absolute Gasteiger partial charge is 0.369 e. The molecule has 2 amide bonds. The highest BCUT2D eigenvalue weighted by atomic mass is 32.2. The van der Waals surface area contributed by atoms with Crippen molar-refractivity contribution in [2.45, 2.75) is 12.8 Å². The Morgan fingerprint density at radius 1 is 1.47 bits per heavy atom. The van der Waals surface area contributed by atoms with Gasteiger partial charge in [0.25, 0.3) is 0 Å². The highest BCUT2D eigenvalue weighted by Crippen LogP contribution is 2.08. The number of rotatable bonds is 8. The van der Waals surface area contributed by atoms with Crippen molar-refractivity contribution in [3.05, 3.63) is 22.4 Å². The molecule has 17 heavy (non-hydrogen) atoms. The third kappa shape index (κ3) is 7.01. The van der Waals surface area contributed by atoms with Crippen LogP contribution in [-0.4, -0.2) is 29.9 Å². The number of carbonyl (C=O) groups is 2. The van der Waals surface area contributed by atoms with E-state index in [4.69, 9.17) is 5.73 Å². The summed E-state index contributed by atoms with van der Waals surface area (Å²) in [5.74, 6) is 0.600. The Hall–Kier alpha value is -1.01. The molecule has 0 spiro atoms. The van der Waals surface area contributed by atoms with E-state index in [0.717, 1.165) is 6.42 Å². The quantitative estimate of drug-likeness (QED) is 0.694. The number of amides is 2. The zero-order valence-electron chi connectivity index (χ0n) is 9.48. The maximum Gasteiger partial charge on any atom is 0.227 e. The van der Waals surface area contributed by atoms with E-state index in [0.29, 0.717) is 18.7 Å². The van der Waals surface area contributed by atoms with Gasteiger partial charge in [0.1, 0.15) is 0 Å². The second-order valence-corrected chi connectivity index (χ2v) is 5.59. The fourth-order valence-electron chi connectivity index (χ4n) is 1.21. The summed E-state index contributed by atoms with van der Waals surface area (Å²) in [6.45, 7) is 0.667. The molecule has 1 aromatic rings. The topological polar surface area (TPSA) is 72.2 Å². The Morgan fingerprint density at radius 3 is 2.94 bits per heavy atom. The normalized spacial score (nSPS) is 10.1. The summed E-state index contributed by atoms with van der Waals surface area (Å²) in [7, 11) is 0. The summed E-state index contributed by atoms with van der Waals surface area (Å²) in [6.07, 6.45) is 1.31. The molecule has 0 fully saturated rings. The van der Waals surface area contributed by atoms with Crippen molar-refractivity contribution >= 4 is 34.9 Å². The van der Waals surface area contributed by atoms with Gasteiger partial charge >= 0.3 is 0 Å². The van der Waals surface area contributed by atoms with Crippen molar-refractivity contribution in [1.29, 1.82) is 0 Å². The Balaban J connectivity index is 1.99. The summed E-state index contributed by atoms with van der Waals surface area (Å²) in [5, 5.41) is 4.87. The van der Waals surface area contributed by atoms with Crippen LogP contribution in [0.1, 0.15) is 11.3 Å². The summed E-state index contributed by atoms with van der Waals surface area (Å²) in [5.41, 5.74) is 4.98. The fourth-order valence-corrected chi connectivity index (χ4v) is 2.59. The first-order valence-electron chi connectivity index (χ1n) is 5.33. The van der Waals surface area contributed by atoms with Gasteiger partial charge in [0.2, 0.25) is 11.8 Å². The van der Waals surface area contributed by atoms with Crippen molar-refractivity contribution in [3.8, 4) is 0 Å². The molecule has 0 radical (unpaired) electrons. The molecule has 0 bridgehead atoms.